The summed E-state index contributed by atoms with van der Waals surface area (Å²) in [6.45, 7) is 0.273. The predicted molar refractivity (Wildman–Crippen MR) is 90.9 cm³/mol. The highest BCUT2D eigenvalue weighted by Gasteiger charge is 2.18. The summed E-state index contributed by atoms with van der Waals surface area (Å²) in [7, 11) is 1.41. The number of hydrogen-bond donors (Lipinski definition) is 0. The molecule has 122 valence electrons. The van der Waals surface area contributed by atoms with Crippen molar-refractivity contribution in [3.8, 4) is 22.6 Å². The second kappa shape index (κ2) is 6.04. The van der Waals surface area contributed by atoms with Crippen LogP contribution in [0.3, 0.4) is 0 Å². The summed E-state index contributed by atoms with van der Waals surface area (Å²) in [6.07, 6.45) is 4.60. The Bertz CT molecular complexity index is 836. The number of carbonyl (C=O) groups excluding carboxylic acids is 1. The van der Waals surface area contributed by atoms with Crippen LogP contribution >= 0.6 is 0 Å². The first-order chi connectivity index (χ1) is 11.7. The fourth-order valence-corrected chi connectivity index (χ4v) is 3.30. The maximum atomic E-state index is 11.6. The average molecular weight is 322 g/mol. The Labute approximate surface area is 140 Å². The first-order valence-corrected chi connectivity index (χ1v) is 8.06. The van der Waals surface area contributed by atoms with Crippen LogP contribution in [0.5, 0.6) is 11.5 Å². The smallest absolute Gasteiger partial charge is 0.330 e. The Morgan fingerprint density at radius 2 is 1.83 bits per heavy atom. The van der Waals surface area contributed by atoms with Crippen LogP contribution in [0, 0.1) is 0 Å². The van der Waals surface area contributed by atoms with E-state index < -0.39 is 0 Å². The number of carbonyl (C=O) groups is 1. The molecule has 1 heterocycles. The highest BCUT2D eigenvalue weighted by molar-refractivity contribution is 5.92. The van der Waals surface area contributed by atoms with E-state index in [2.05, 4.69) is 18.2 Å². The van der Waals surface area contributed by atoms with E-state index in [0.717, 1.165) is 53.0 Å². The molecule has 2 aliphatic rings. The Kier molecular flexibility index (Phi) is 3.73. The molecule has 0 unspecified atom stereocenters. The van der Waals surface area contributed by atoms with Crippen molar-refractivity contribution in [2.45, 2.75) is 19.3 Å². The van der Waals surface area contributed by atoms with Gasteiger partial charge in [0.2, 0.25) is 6.79 Å². The number of benzene rings is 2. The van der Waals surface area contributed by atoms with Gasteiger partial charge in [-0.25, -0.2) is 4.79 Å². The number of ether oxygens (including phenoxy) is 3. The molecule has 0 N–H and O–H groups in total. The summed E-state index contributed by atoms with van der Waals surface area (Å²) in [5.41, 5.74) is 5.64. The third-order valence-corrected chi connectivity index (χ3v) is 4.55. The molecule has 1 aliphatic heterocycles. The van der Waals surface area contributed by atoms with E-state index >= 15 is 0 Å². The van der Waals surface area contributed by atoms with Crippen molar-refractivity contribution >= 4 is 11.5 Å². The number of allylic oxidation sites excluding steroid dienone is 1. The van der Waals surface area contributed by atoms with Gasteiger partial charge in [-0.3, -0.25) is 0 Å². The van der Waals surface area contributed by atoms with Gasteiger partial charge >= 0.3 is 5.97 Å². The molecule has 0 saturated heterocycles. The lowest BCUT2D eigenvalue weighted by atomic mass is 9.85. The fourth-order valence-electron chi connectivity index (χ4n) is 3.30. The van der Waals surface area contributed by atoms with Crippen molar-refractivity contribution in [2.24, 2.45) is 0 Å². The Balaban J connectivity index is 1.75. The minimum absolute atomic E-state index is 0.273. The Hall–Kier alpha value is -2.75. The average Bonchev–Trinajstić information content (AvgIpc) is 3.09. The van der Waals surface area contributed by atoms with Crippen LogP contribution in [0.15, 0.2) is 42.5 Å². The zero-order valence-corrected chi connectivity index (χ0v) is 13.5. The van der Waals surface area contributed by atoms with Gasteiger partial charge < -0.3 is 14.2 Å². The Morgan fingerprint density at radius 3 is 2.71 bits per heavy atom. The van der Waals surface area contributed by atoms with E-state index in [-0.39, 0.29) is 12.8 Å². The molecule has 4 heteroatoms. The molecule has 0 atom stereocenters. The SMILES string of the molecule is COC(=O)/C=C1\CCCc2ccc(-c3ccc4c(c3)OCO4)cc21. The molecule has 2 aromatic rings. The number of aryl methyl sites for hydroxylation is 1. The Morgan fingerprint density at radius 1 is 1.04 bits per heavy atom. The third kappa shape index (κ3) is 2.64. The lowest BCUT2D eigenvalue weighted by Gasteiger charge is -2.20. The van der Waals surface area contributed by atoms with Gasteiger partial charge in [-0.2, -0.15) is 0 Å². The summed E-state index contributed by atoms with van der Waals surface area (Å²) in [6, 6.07) is 12.4. The van der Waals surface area contributed by atoms with Gasteiger partial charge in [-0.05, 0) is 65.3 Å². The molecule has 0 amide bonds. The van der Waals surface area contributed by atoms with Gasteiger partial charge in [-0.15, -0.1) is 0 Å². The molecule has 4 rings (SSSR count). The van der Waals surface area contributed by atoms with Gasteiger partial charge in [0, 0.05) is 6.08 Å². The van der Waals surface area contributed by atoms with Gasteiger partial charge in [0.15, 0.2) is 11.5 Å². The molecule has 0 aromatic heterocycles. The standard InChI is InChI=1S/C20H18O4/c1-22-20(21)11-16-4-2-3-13-5-6-14(9-17(13)16)15-7-8-18-19(10-15)24-12-23-18/h5-11H,2-4,12H2,1H3/b16-11+. The summed E-state index contributed by atoms with van der Waals surface area (Å²) >= 11 is 0. The zero-order chi connectivity index (χ0) is 16.5. The van der Waals surface area contributed by atoms with Crippen LogP contribution in [0.25, 0.3) is 16.7 Å². The van der Waals surface area contributed by atoms with Crippen LogP contribution in [0.1, 0.15) is 24.0 Å². The molecule has 4 nitrogen and oxygen atoms in total. The fraction of sp³-hybridized carbons (Fsp3) is 0.250. The van der Waals surface area contributed by atoms with Gasteiger partial charge in [-0.1, -0.05) is 18.2 Å². The second-order valence-corrected chi connectivity index (χ2v) is 5.99. The molecular weight excluding hydrogens is 304 g/mol. The molecular formula is C20H18O4. The van der Waals surface area contributed by atoms with Crippen molar-refractivity contribution in [2.75, 3.05) is 13.9 Å². The lowest BCUT2D eigenvalue weighted by molar-refractivity contribution is -0.134. The third-order valence-electron chi connectivity index (χ3n) is 4.55. The minimum Gasteiger partial charge on any atom is -0.466 e. The summed E-state index contributed by atoms with van der Waals surface area (Å²) in [4.78, 5) is 11.6. The number of methoxy groups -OCH3 is 1. The summed E-state index contributed by atoms with van der Waals surface area (Å²) < 4.78 is 15.6. The molecule has 24 heavy (non-hydrogen) atoms. The van der Waals surface area contributed by atoms with Crippen LogP contribution in [-0.4, -0.2) is 19.9 Å². The molecule has 0 spiro atoms. The number of fused-ring (bicyclic) bond motifs is 2. The normalized spacial score (nSPS) is 16.8. The van der Waals surface area contributed by atoms with Crippen LogP contribution < -0.4 is 9.47 Å². The van der Waals surface area contributed by atoms with Crippen LogP contribution in [0.2, 0.25) is 0 Å². The monoisotopic (exact) mass is 322 g/mol. The molecule has 0 fully saturated rings. The van der Waals surface area contributed by atoms with Crippen LogP contribution in [-0.2, 0) is 16.0 Å². The molecule has 0 radical (unpaired) electrons. The predicted octanol–water partition coefficient (Wildman–Crippen LogP) is 3.98. The van der Waals surface area contributed by atoms with E-state index in [1.807, 2.05) is 18.2 Å². The highest BCUT2D eigenvalue weighted by Crippen LogP contribution is 2.38. The van der Waals surface area contributed by atoms with Crippen molar-refractivity contribution < 1.29 is 19.0 Å². The maximum Gasteiger partial charge on any atom is 0.330 e. The van der Waals surface area contributed by atoms with E-state index in [9.17, 15) is 4.79 Å². The van der Waals surface area contributed by atoms with Gasteiger partial charge in [0.1, 0.15) is 0 Å². The number of hydrogen-bond acceptors (Lipinski definition) is 4. The summed E-state index contributed by atoms with van der Waals surface area (Å²) in [5.74, 6) is 1.25. The molecule has 0 saturated carbocycles. The number of rotatable bonds is 2. The summed E-state index contributed by atoms with van der Waals surface area (Å²) in [5, 5.41) is 0. The maximum absolute atomic E-state index is 11.6. The molecule has 1 aliphatic carbocycles. The van der Waals surface area contributed by atoms with Gasteiger partial charge in [0.25, 0.3) is 0 Å². The first-order valence-electron chi connectivity index (χ1n) is 8.06. The molecule has 0 bridgehead atoms. The van der Waals surface area contributed by atoms with Crippen molar-refractivity contribution in [1.82, 2.24) is 0 Å². The minimum atomic E-state index is -0.300. The highest BCUT2D eigenvalue weighted by atomic mass is 16.7. The van der Waals surface area contributed by atoms with E-state index in [0.29, 0.717) is 0 Å². The lowest BCUT2D eigenvalue weighted by Crippen LogP contribution is -2.05. The molecule has 2 aromatic carbocycles. The van der Waals surface area contributed by atoms with Crippen molar-refractivity contribution in [3.63, 3.8) is 0 Å². The van der Waals surface area contributed by atoms with E-state index in [4.69, 9.17) is 14.2 Å². The zero-order valence-electron chi connectivity index (χ0n) is 13.5. The second-order valence-electron chi connectivity index (χ2n) is 5.99. The quantitative estimate of drug-likeness (QED) is 0.620. The number of esters is 1. The van der Waals surface area contributed by atoms with Crippen molar-refractivity contribution in [1.29, 1.82) is 0 Å². The topological polar surface area (TPSA) is 44.8 Å². The first kappa shape index (κ1) is 14.8. The largest absolute Gasteiger partial charge is 0.466 e. The van der Waals surface area contributed by atoms with E-state index in [1.54, 1.807) is 6.08 Å². The van der Waals surface area contributed by atoms with E-state index in [1.165, 1.54) is 12.7 Å². The van der Waals surface area contributed by atoms with Crippen molar-refractivity contribution in [3.05, 3.63) is 53.6 Å². The van der Waals surface area contributed by atoms with Crippen LogP contribution in [0.4, 0.5) is 0 Å². The van der Waals surface area contributed by atoms with Gasteiger partial charge in [0.05, 0.1) is 7.11 Å².